The zero-order valence-electron chi connectivity index (χ0n) is 6.57. The molecule has 0 amide bonds. The lowest BCUT2D eigenvalue weighted by atomic mass is 10.1. The van der Waals surface area contributed by atoms with E-state index < -0.39 is 0 Å². The standard InChI is InChI=1S/C8H11FN2O/c9-6-1-2-8(11-5-6)7(10)3-4-12/h1-2,5,7,12H,3-4,10H2. The highest BCUT2D eigenvalue weighted by Crippen LogP contribution is 2.10. The summed E-state index contributed by atoms with van der Waals surface area (Å²) in [5, 5.41) is 8.57. The van der Waals surface area contributed by atoms with E-state index in [1.165, 1.54) is 12.1 Å². The zero-order valence-corrected chi connectivity index (χ0v) is 6.57. The molecule has 0 saturated carbocycles. The van der Waals surface area contributed by atoms with Crippen molar-refractivity contribution < 1.29 is 9.50 Å². The van der Waals surface area contributed by atoms with E-state index in [4.69, 9.17) is 10.8 Å². The molecule has 1 aromatic rings. The van der Waals surface area contributed by atoms with Crippen LogP contribution in [0.2, 0.25) is 0 Å². The van der Waals surface area contributed by atoms with E-state index in [1.54, 1.807) is 0 Å². The number of pyridine rings is 1. The molecule has 0 aliphatic rings. The Morgan fingerprint density at radius 2 is 2.33 bits per heavy atom. The van der Waals surface area contributed by atoms with Gasteiger partial charge in [0.15, 0.2) is 0 Å². The average molecular weight is 170 g/mol. The maximum Gasteiger partial charge on any atom is 0.141 e. The van der Waals surface area contributed by atoms with Crippen LogP contribution in [0.4, 0.5) is 4.39 Å². The van der Waals surface area contributed by atoms with Crippen LogP contribution in [0.3, 0.4) is 0 Å². The van der Waals surface area contributed by atoms with Crippen LogP contribution in [-0.2, 0) is 0 Å². The molecule has 0 aromatic carbocycles. The summed E-state index contributed by atoms with van der Waals surface area (Å²) in [6.45, 7) is 0.0141. The van der Waals surface area contributed by atoms with Crippen LogP contribution in [0.1, 0.15) is 18.2 Å². The second-order valence-corrected chi connectivity index (χ2v) is 2.52. The highest BCUT2D eigenvalue weighted by Gasteiger charge is 2.05. The van der Waals surface area contributed by atoms with E-state index in [2.05, 4.69) is 4.98 Å². The lowest BCUT2D eigenvalue weighted by Gasteiger charge is -2.07. The number of nitrogens with two attached hydrogens (primary N) is 1. The van der Waals surface area contributed by atoms with Gasteiger partial charge in [-0.2, -0.15) is 0 Å². The zero-order chi connectivity index (χ0) is 8.97. The minimum Gasteiger partial charge on any atom is -0.396 e. The van der Waals surface area contributed by atoms with Crippen molar-refractivity contribution in [3.05, 3.63) is 29.8 Å². The first-order valence-electron chi connectivity index (χ1n) is 3.72. The average Bonchev–Trinajstić information content (AvgIpc) is 2.06. The molecule has 0 aliphatic heterocycles. The fourth-order valence-corrected chi connectivity index (χ4v) is 0.894. The molecule has 0 bridgehead atoms. The Morgan fingerprint density at radius 3 is 2.83 bits per heavy atom. The number of halogens is 1. The summed E-state index contributed by atoms with van der Waals surface area (Å²) in [5.74, 6) is -0.380. The van der Waals surface area contributed by atoms with E-state index in [-0.39, 0.29) is 18.5 Å². The first-order valence-corrected chi connectivity index (χ1v) is 3.72. The van der Waals surface area contributed by atoms with Crippen LogP contribution in [-0.4, -0.2) is 16.7 Å². The maximum atomic E-state index is 12.4. The molecule has 0 fully saturated rings. The Kier molecular flexibility index (Phi) is 3.13. The van der Waals surface area contributed by atoms with Crippen LogP contribution in [0, 0.1) is 5.82 Å². The Balaban J connectivity index is 2.68. The largest absolute Gasteiger partial charge is 0.396 e. The number of aliphatic hydroxyl groups is 1. The van der Waals surface area contributed by atoms with Crippen molar-refractivity contribution in [1.82, 2.24) is 4.98 Å². The van der Waals surface area contributed by atoms with Crippen LogP contribution < -0.4 is 5.73 Å². The summed E-state index contributed by atoms with van der Waals surface area (Å²) < 4.78 is 12.4. The summed E-state index contributed by atoms with van der Waals surface area (Å²) in [4.78, 5) is 3.79. The third kappa shape index (κ3) is 2.25. The number of aromatic nitrogens is 1. The minimum atomic E-state index is -0.380. The predicted molar refractivity (Wildman–Crippen MR) is 42.8 cm³/mol. The lowest BCUT2D eigenvalue weighted by Crippen LogP contribution is -2.13. The van der Waals surface area contributed by atoms with Gasteiger partial charge in [-0.15, -0.1) is 0 Å². The fraction of sp³-hybridized carbons (Fsp3) is 0.375. The summed E-state index contributed by atoms with van der Waals surface area (Å²) >= 11 is 0. The Bertz CT molecular complexity index is 237. The smallest absolute Gasteiger partial charge is 0.141 e. The van der Waals surface area contributed by atoms with Gasteiger partial charge >= 0.3 is 0 Å². The first-order chi connectivity index (χ1) is 5.74. The maximum absolute atomic E-state index is 12.4. The van der Waals surface area contributed by atoms with Crippen molar-refractivity contribution >= 4 is 0 Å². The SMILES string of the molecule is NC(CCO)c1ccc(F)cn1. The van der Waals surface area contributed by atoms with Crippen LogP contribution in [0.25, 0.3) is 0 Å². The lowest BCUT2D eigenvalue weighted by molar-refractivity contribution is 0.275. The molecule has 0 saturated heterocycles. The van der Waals surface area contributed by atoms with Gasteiger partial charge in [-0.05, 0) is 18.6 Å². The van der Waals surface area contributed by atoms with E-state index in [1.807, 2.05) is 0 Å². The van der Waals surface area contributed by atoms with Gasteiger partial charge < -0.3 is 10.8 Å². The number of aliphatic hydroxyl groups excluding tert-OH is 1. The Labute approximate surface area is 70.0 Å². The molecule has 3 nitrogen and oxygen atoms in total. The van der Waals surface area contributed by atoms with Gasteiger partial charge in [0.25, 0.3) is 0 Å². The highest BCUT2D eigenvalue weighted by atomic mass is 19.1. The van der Waals surface area contributed by atoms with Crippen molar-refractivity contribution in [2.45, 2.75) is 12.5 Å². The molecule has 12 heavy (non-hydrogen) atoms. The van der Waals surface area contributed by atoms with Crippen LogP contribution >= 0.6 is 0 Å². The van der Waals surface area contributed by atoms with Gasteiger partial charge in [0.2, 0.25) is 0 Å². The molecule has 0 spiro atoms. The number of rotatable bonds is 3. The summed E-state index contributed by atoms with van der Waals surface area (Å²) in [6, 6.07) is 2.52. The number of hydrogen-bond donors (Lipinski definition) is 2. The third-order valence-corrected chi connectivity index (χ3v) is 1.57. The van der Waals surface area contributed by atoms with E-state index >= 15 is 0 Å². The third-order valence-electron chi connectivity index (χ3n) is 1.57. The molecule has 66 valence electrons. The molecule has 1 heterocycles. The molecule has 0 radical (unpaired) electrons. The molecular formula is C8H11FN2O. The highest BCUT2D eigenvalue weighted by molar-refractivity contribution is 5.08. The summed E-state index contributed by atoms with van der Waals surface area (Å²) in [6.07, 6.45) is 1.56. The van der Waals surface area contributed by atoms with Crippen molar-refractivity contribution in [2.75, 3.05) is 6.61 Å². The molecule has 3 N–H and O–H groups in total. The van der Waals surface area contributed by atoms with Gasteiger partial charge in [-0.3, -0.25) is 4.98 Å². The van der Waals surface area contributed by atoms with E-state index in [0.717, 1.165) is 6.20 Å². The first kappa shape index (κ1) is 9.09. The van der Waals surface area contributed by atoms with Gasteiger partial charge in [0, 0.05) is 12.6 Å². The second kappa shape index (κ2) is 4.13. The molecule has 1 atom stereocenters. The normalized spacial score (nSPS) is 12.9. The fourth-order valence-electron chi connectivity index (χ4n) is 0.894. The van der Waals surface area contributed by atoms with Crippen molar-refractivity contribution in [3.8, 4) is 0 Å². The van der Waals surface area contributed by atoms with Crippen molar-refractivity contribution in [3.63, 3.8) is 0 Å². The van der Waals surface area contributed by atoms with Crippen molar-refractivity contribution in [1.29, 1.82) is 0 Å². The topological polar surface area (TPSA) is 59.1 Å². The Morgan fingerprint density at radius 1 is 1.58 bits per heavy atom. The van der Waals surface area contributed by atoms with Crippen LogP contribution in [0.5, 0.6) is 0 Å². The molecule has 0 aliphatic carbocycles. The molecule has 4 heteroatoms. The monoisotopic (exact) mass is 170 g/mol. The second-order valence-electron chi connectivity index (χ2n) is 2.52. The summed E-state index contributed by atoms with van der Waals surface area (Å²) in [7, 11) is 0. The Hall–Kier alpha value is -1.00. The molecule has 1 rings (SSSR count). The van der Waals surface area contributed by atoms with Gasteiger partial charge in [0.05, 0.1) is 11.9 Å². The van der Waals surface area contributed by atoms with Crippen LogP contribution in [0.15, 0.2) is 18.3 Å². The van der Waals surface area contributed by atoms with E-state index in [9.17, 15) is 4.39 Å². The quantitative estimate of drug-likeness (QED) is 0.698. The predicted octanol–water partition coefficient (Wildman–Crippen LogP) is 0.603. The minimum absolute atomic E-state index is 0.0141. The molecular weight excluding hydrogens is 159 g/mol. The van der Waals surface area contributed by atoms with E-state index in [0.29, 0.717) is 12.1 Å². The molecule has 1 aromatic heterocycles. The van der Waals surface area contributed by atoms with Gasteiger partial charge in [-0.1, -0.05) is 0 Å². The summed E-state index contributed by atoms with van der Waals surface area (Å²) in [5.41, 5.74) is 6.21. The van der Waals surface area contributed by atoms with Gasteiger partial charge in [-0.25, -0.2) is 4.39 Å². The number of hydrogen-bond acceptors (Lipinski definition) is 3. The van der Waals surface area contributed by atoms with Crippen molar-refractivity contribution in [2.24, 2.45) is 5.73 Å². The number of nitrogens with zero attached hydrogens (tertiary/aromatic N) is 1. The molecule has 1 unspecified atom stereocenters. The van der Waals surface area contributed by atoms with Gasteiger partial charge in [0.1, 0.15) is 5.82 Å².